The van der Waals surface area contributed by atoms with Gasteiger partial charge in [-0.1, -0.05) is 24.3 Å². The molecule has 0 amide bonds. The van der Waals surface area contributed by atoms with Crippen molar-refractivity contribution in [1.29, 1.82) is 0 Å². The molecule has 1 N–H and O–H groups in total. The van der Waals surface area contributed by atoms with Crippen LogP contribution in [0.4, 0.5) is 4.39 Å². The highest BCUT2D eigenvalue weighted by Crippen LogP contribution is 2.46. The van der Waals surface area contributed by atoms with Crippen LogP contribution in [-0.2, 0) is 23.5 Å². The fourth-order valence-corrected chi connectivity index (χ4v) is 5.10. The van der Waals surface area contributed by atoms with E-state index < -0.39 is 5.60 Å². The molecule has 2 heterocycles. The van der Waals surface area contributed by atoms with Crippen molar-refractivity contribution < 1.29 is 19.0 Å². The van der Waals surface area contributed by atoms with Crippen molar-refractivity contribution in [1.82, 2.24) is 4.90 Å². The molecule has 0 aromatic heterocycles. The van der Waals surface area contributed by atoms with E-state index in [4.69, 9.17) is 9.47 Å². The molecule has 29 heavy (non-hydrogen) atoms. The molecule has 2 aliphatic rings. The molecule has 0 spiro atoms. The predicted octanol–water partition coefficient (Wildman–Crippen LogP) is 4.39. The topological polar surface area (TPSA) is 41.9 Å². The average Bonchev–Trinajstić information content (AvgIpc) is 2.96. The van der Waals surface area contributed by atoms with Crippen molar-refractivity contribution >= 4 is 0 Å². The molecule has 2 aromatic carbocycles. The Kier molecular flexibility index (Phi) is 5.91. The molecule has 4 nitrogen and oxygen atoms in total. The summed E-state index contributed by atoms with van der Waals surface area (Å²) in [5, 5.41) is 11.3. The lowest BCUT2D eigenvalue weighted by atomic mass is 9.80. The predicted molar refractivity (Wildman–Crippen MR) is 110 cm³/mol. The quantitative estimate of drug-likeness (QED) is 0.750. The molecule has 156 valence electrons. The molecule has 5 heteroatoms. The van der Waals surface area contributed by atoms with Crippen molar-refractivity contribution in [3.63, 3.8) is 0 Å². The summed E-state index contributed by atoms with van der Waals surface area (Å²) in [5.74, 6) is 0.538. The monoisotopic (exact) mass is 399 g/mol. The Morgan fingerprint density at radius 1 is 1.14 bits per heavy atom. The SMILES string of the molecule is CCOCc1cc(CN2[C@@H]3CC[C@H]2CC(O)(c2ccccc2F)C3)ccc1OC. The Morgan fingerprint density at radius 2 is 1.86 bits per heavy atom. The fraction of sp³-hybridized carbons (Fsp3) is 0.500. The molecule has 0 saturated carbocycles. The number of hydrogen-bond donors (Lipinski definition) is 1. The zero-order valence-corrected chi connectivity index (χ0v) is 17.2. The first-order valence-electron chi connectivity index (χ1n) is 10.5. The van der Waals surface area contributed by atoms with Crippen LogP contribution >= 0.6 is 0 Å². The van der Waals surface area contributed by atoms with E-state index in [-0.39, 0.29) is 17.9 Å². The van der Waals surface area contributed by atoms with Gasteiger partial charge in [-0.3, -0.25) is 4.90 Å². The zero-order valence-electron chi connectivity index (χ0n) is 17.2. The summed E-state index contributed by atoms with van der Waals surface area (Å²) in [6.45, 7) is 4.01. The van der Waals surface area contributed by atoms with Crippen molar-refractivity contribution in [2.24, 2.45) is 0 Å². The third-order valence-electron chi connectivity index (χ3n) is 6.46. The molecule has 2 aromatic rings. The molecule has 0 aliphatic carbocycles. The van der Waals surface area contributed by atoms with Gasteiger partial charge in [0.15, 0.2) is 0 Å². The minimum atomic E-state index is -1.08. The van der Waals surface area contributed by atoms with Gasteiger partial charge >= 0.3 is 0 Å². The molecule has 2 aliphatic heterocycles. The van der Waals surface area contributed by atoms with Crippen molar-refractivity contribution in [3.8, 4) is 5.75 Å². The number of fused-ring (bicyclic) bond motifs is 2. The Morgan fingerprint density at radius 3 is 2.52 bits per heavy atom. The lowest BCUT2D eigenvalue weighted by molar-refractivity contribution is -0.0615. The van der Waals surface area contributed by atoms with Crippen LogP contribution in [0.25, 0.3) is 0 Å². The number of hydrogen-bond acceptors (Lipinski definition) is 4. The van der Waals surface area contributed by atoms with Gasteiger partial charge in [-0.2, -0.15) is 0 Å². The molecule has 2 bridgehead atoms. The minimum absolute atomic E-state index is 0.260. The number of benzene rings is 2. The van der Waals surface area contributed by atoms with Crippen LogP contribution in [0.1, 0.15) is 49.3 Å². The normalized spacial score (nSPS) is 26.6. The second-order valence-electron chi connectivity index (χ2n) is 8.26. The molecule has 4 rings (SSSR count). The van der Waals surface area contributed by atoms with Gasteiger partial charge in [0, 0.05) is 36.4 Å². The second-order valence-corrected chi connectivity index (χ2v) is 8.26. The van der Waals surface area contributed by atoms with Crippen LogP contribution in [0.3, 0.4) is 0 Å². The number of ether oxygens (including phenoxy) is 2. The van der Waals surface area contributed by atoms with Crippen LogP contribution in [0.2, 0.25) is 0 Å². The second kappa shape index (κ2) is 8.42. The summed E-state index contributed by atoms with van der Waals surface area (Å²) >= 11 is 0. The van der Waals surface area contributed by atoms with Gasteiger partial charge in [0.25, 0.3) is 0 Å². The van der Waals surface area contributed by atoms with Crippen molar-refractivity contribution in [2.45, 2.75) is 63.4 Å². The van der Waals surface area contributed by atoms with Crippen LogP contribution < -0.4 is 4.74 Å². The van der Waals surface area contributed by atoms with E-state index in [1.165, 1.54) is 11.6 Å². The summed E-state index contributed by atoms with van der Waals surface area (Å²) in [6.07, 6.45) is 3.24. The van der Waals surface area contributed by atoms with Gasteiger partial charge in [0.1, 0.15) is 11.6 Å². The summed E-state index contributed by atoms with van der Waals surface area (Å²) in [7, 11) is 1.68. The lowest BCUT2D eigenvalue weighted by Crippen LogP contribution is -2.49. The van der Waals surface area contributed by atoms with Crippen LogP contribution in [0, 0.1) is 5.82 Å². The Bertz CT molecular complexity index is 842. The fourth-order valence-electron chi connectivity index (χ4n) is 5.10. The number of halogens is 1. The number of rotatable bonds is 7. The third kappa shape index (κ3) is 4.04. The van der Waals surface area contributed by atoms with E-state index in [0.717, 1.165) is 30.7 Å². The summed E-state index contributed by atoms with van der Waals surface area (Å²) < 4.78 is 25.4. The lowest BCUT2D eigenvalue weighted by Gasteiger charge is -2.44. The number of nitrogens with zero attached hydrogens (tertiary/aromatic N) is 1. The standard InChI is InChI=1S/C24H30FNO3/c1-3-29-16-18-12-17(8-11-23(18)28-2)15-26-19-9-10-20(26)14-24(27,13-19)21-6-4-5-7-22(21)25/h4-8,11-12,19-20,27H,3,9-10,13-16H2,1-2H3/t19-,20+,24?. The maximum absolute atomic E-state index is 14.4. The molecule has 2 fully saturated rings. The smallest absolute Gasteiger partial charge is 0.129 e. The van der Waals surface area contributed by atoms with E-state index >= 15 is 0 Å². The zero-order chi connectivity index (χ0) is 20.4. The highest BCUT2D eigenvalue weighted by atomic mass is 19.1. The number of piperidine rings is 1. The van der Waals surface area contributed by atoms with E-state index in [1.54, 1.807) is 19.2 Å². The summed E-state index contributed by atoms with van der Waals surface area (Å²) in [6, 6.07) is 13.4. The van der Waals surface area contributed by atoms with Gasteiger partial charge in [0.05, 0.1) is 19.3 Å². The van der Waals surface area contributed by atoms with Crippen LogP contribution in [-0.4, -0.2) is 35.8 Å². The first-order valence-corrected chi connectivity index (χ1v) is 10.5. The Labute approximate surface area is 172 Å². The van der Waals surface area contributed by atoms with Crippen LogP contribution in [0.5, 0.6) is 5.75 Å². The van der Waals surface area contributed by atoms with Crippen LogP contribution in [0.15, 0.2) is 42.5 Å². The third-order valence-corrected chi connectivity index (χ3v) is 6.46. The van der Waals surface area contributed by atoms with Crippen molar-refractivity contribution in [3.05, 3.63) is 65.0 Å². The largest absolute Gasteiger partial charge is 0.496 e. The minimum Gasteiger partial charge on any atom is -0.496 e. The Balaban J connectivity index is 1.52. The average molecular weight is 400 g/mol. The summed E-state index contributed by atoms with van der Waals surface area (Å²) in [5.41, 5.74) is 1.64. The number of aliphatic hydroxyl groups is 1. The van der Waals surface area contributed by atoms with Gasteiger partial charge in [-0.15, -0.1) is 0 Å². The first-order chi connectivity index (χ1) is 14.0. The van der Waals surface area contributed by atoms with Gasteiger partial charge in [0.2, 0.25) is 0 Å². The van der Waals surface area contributed by atoms with E-state index in [2.05, 4.69) is 17.0 Å². The molecule has 1 unspecified atom stereocenters. The molecular weight excluding hydrogens is 369 g/mol. The highest BCUT2D eigenvalue weighted by molar-refractivity contribution is 5.37. The number of methoxy groups -OCH3 is 1. The molecule has 2 saturated heterocycles. The van der Waals surface area contributed by atoms with E-state index in [1.807, 2.05) is 19.1 Å². The molecule has 3 atom stereocenters. The van der Waals surface area contributed by atoms with Gasteiger partial charge in [-0.25, -0.2) is 4.39 Å². The molecule has 0 radical (unpaired) electrons. The maximum Gasteiger partial charge on any atom is 0.129 e. The Hall–Kier alpha value is -1.95. The highest BCUT2D eigenvalue weighted by Gasteiger charge is 2.48. The van der Waals surface area contributed by atoms with Gasteiger partial charge < -0.3 is 14.6 Å². The first kappa shape index (κ1) is 20.3. The summed E-state index contributed by atoms with van der Waals surface area (Å²) in [4.78, 5) is 2.49. The van der Waals surface area contributed by atoms with Gasteiger partial charge in [-0.05, 0) is 56.4 Å². The van der Waals surface area contributed by atoms with E-state index in [9.17, 15) is 9.50 Å². The maximum atomic E-state index is 14.4. The molecular formula is C24H30FNO3. The van der Waals surface area contributed by atoms with Crippen molar-refractivity contribution in [2.75, 3.05) is 13.7 Å². The van der Waals surface area contributed by atoms with E-state index in [0.29, 0.717) is 31.6 Å².